The number of ether oxygens (including phenoxy) is 2. The van der Waals surface area contributed by atoms with Gasteiger partial charge in [-0.25, -0.2) is 4.68 Å². The van der Waals surface area contributed by atoms with Crippen molar-refractivity contribution in [2.45, 2.75) is 34.1 Å². The molecule has 2 amide bonds. The van der Waals surface area contributed by atoms with Gasteiger partial charge in [0.1, 0.15) is 22.2 Å². The average Bonchev–Trinajstić information content (AvgIpc) is 3.11. The molecule has 174 valence electrons. The molecule has 0 unspecified atom stereocenters. The number of rotatable bonds is 9. The normalized spacial score (nSPS) is 10.6. The molecule has 9 heteroatoms. The van der Waals surface area contributed by atoms with Crippen molar-refractivity contribution in [2.75, 3.05) is 23.8 Å². The Hall–Kier alpha value is -3.52. The van der Waals surface area contributed by atoms with Crippen LogP contribution in [-0.4, -0.2) is 34.8 Å². The fourth-order valence-electron chi connectivity index (χ4n) is 3.23. The third-order valence-electron chi connectivity index (χ3n) is 4.76. The van der Waals surface area contributed by atoms with Crippen molar-refractivity contribution < 1.29 is 19.1 Å². The molecule has 2 N–H and O–H groups in total. The molecule has 0 saturated heterocycles. The Bertz CT molecular complexity index is 1150. The van der Waals surface area contributed by atoms with Crippen LogP contribution in [0.25, 0.3) is 5.69 Å². The predicted octanol–water partition coefficient (Wildman–Crippen LogP) is 5.23. The number of hydrogen-bond donors (Lipinski definition) is 2. The summed E-state index contributed by atoms with van der Waals surface area (Å²) < 4.78 is 12.9. The van der Waals surface area contributed by atoms with E-state index >= 15 is 0 Å². The number of aromatic nitrogens is 2. The molecule has 0 aliphatic rings. The van der Waals surface area contributed by atoms with Gasteiger partial charge >= 0.3 is 0 Å². The lowest BCUT2D eigenvalue weighted by molar-refractivity contribution is -0.115. The molecule has 0 bridgehead atoms. The largest absolute Gasteiger partial charge is 0.492 e. The lowest BCUT2D eigenvalue weighted by Gasteiger charge is -2.17. The van der Waals surface area contributed by atoms with Gasteiger partial charge in [0.15, 0.2) is 0 Å². The minimum absolute atomic E-state index is 0.161. The summed E-state index contributed by atoms with van der Waals surface area (Å²) in [6, 6.07) is 12.6. The Morgan fingerprint density at radius 3 is 2.09 bits per heavy atom. The molecule has 0 saturated carbocycles. The van der Waals surface area contributed by atoms with Crippen LogP contribution in [-0.2, 0) is 4.79 Å². The van der Waals surface area contributed by atoms with E-state index in [4.69, 9.17) is 21.1 Å². The minimum atomic E-state index is -0.437. The number of carbonyl (C=O) groups excluding carboxylic acids is 2. The highest BCUT2D eigenvalue weighted by atomic mass is 35.5. The summed E-state index contributed by atoms with van der Waals surface area (Å²) in [5.41, 5.74) is 2.34. The van der Waals surface area contributed by atoms with Crippen LogP contribution in [0.15, 0.2) is 42.5 Å². The Morgan fingerprint density at radius 2 is 1.55 bits per heavy atom. The molecule has 8 nitrogen and oxygen atoms in total. The van der Waals surface area contributed by atoms with Crippen LogP contribution < -0.4 is 20.1 Å². The van der Waals surface area contributed by atoms with E-state index in [2.05, 4.69) is 15.7 Å². The number of benzene rings is 2. The van der Waals surface area contributed by atoms with E-state index in [1.54, 1.807) is 26.0 Å². The third-order valence-corrected chi connectivity index (χ3v) is 5.11. The van der Waals surface area contributed by atoms with Crippen LogP contribution in [0.1, 0.15) is 43.2 Å². The fraction of sp³-hybridized carbons (Fsp3) is 0.292. The van der Waals surface area contributed by atoms with Gasteiger partial charge in [-0.2, -0.15) is 5.10 Å². The second-order valence-corrected chi connectivity index (χ2v) is 7.42. The van der Waals surface area contributed by atoms with Gasteiger partial charge in [0.05, 0.1) is 36.0 Å². The molecule has 0 spiro atoms. The molecule has 1 heterocycles. The van der Waals surface area contributed by atoms with Crippen molar-refractivity contribution in [2.24, 2.45) is 0 Å². The highest BCUT2D eigenvalue weighted by Crippen LogP contribution is 2.37. The van der Waals surface area contributed by atoms with Gasteiger partial charge in [0, 0.05) is 18.6 Å². The smallest absolute Gasteiger partial charge is 0.260 e. The summed E-state index contributed by atoms with van der Waals surface area (Å²) in [5, 5.41) is 10.3. The van der Waals surface area contributed by atoms with Gasteiger partial charge in [0.2, 0.25) is 5.91 Å². The number of nitrogens with one attached hydrogen (secondary N) is 2. The zero-order chi connectivity index (χ0) is 24.0. The Morgan fingerprint density at radius 1 is 0.970 bits per heavy atom. The van der Waals surface area contributed by atoms with Gasteiger partial charge in [0.25, 0.3) is 5.91 Å². The van der Waals surface area contributed by atoms with Crippen molar-refractivity contribution >= 4 is 34.8 Å². The van der Waals surface area contributed by atoms with Gasteiger partial charge in [-0.15, -0.1) is 0 Å². The molecule has 0 fully saturated rings. The lowest BCUT2D eigenvalue weighted by atomic mass is 10.2. The Labute approximate surface area is 197 Å². The maximum Gasteiger partial charge on any atom is 0.260 e. The first-order chi connectivity index (χ1) is 15.9. The van der Waals surface area contributed by atoms with Crippen molar-refractivity contribution in [1.82, 2.24) is 9.78 Å². The molecule has 2 aromatic carbocycles. The van der Waals surface area contributed by atoms with E-state index in [0.717, 1.165) is 5.69 Å². The second kappa shape index (κ2) is 10.9. The van der Waals surface area contributed by atoms with Crippen molar-refractivity contribution in [3.8, 4) is 17.2 Å². The molecule has 0 aliphatic carbocycles. The van der Waals surface area contributed by atoms with E-state index in [0.29, 0.717) is 48.2 Å². The molecule has 0 aliphatic heterocycles. The molecule has 0 atom stereocenters. The third kappa shape index (κ3) is 5.46. The summed E-state index contributed by atoms with van der Waals surface area (Å²) in [4.78, 5) is 25.2. The number of anilines is 2. The monoisotopic (exact) mass is 470 g/mol. The number of hydrogen-bond acceptors (Lipinski definition) is 5. The van der Waals surface area contributed by atoms with Crippen molar-refractivity contribution in [1.29, 1.82) is 0 Å². The maximum atomic E-state index is 13.2. The summed E-state index contributed by atoms with van der Waals surface area (Å²) in [6.07, 6.45) is 0.317. The molecule has 3 rings (SSSR count). The van der Waals surface area contributed by atoms with E-state index in [1.165, 1.54) is 4.68 Å². The van der Waals surface area contributed by atoms with Crippen LogP contribution in [0.4, 0.5) is 11.4 Å². The summed E-state index contributed by atoms with van der Waals surface area (Å²) >= 11 is 6.54. The van der Waals surface area contributed by atoms with Crippen LogP contribution >= 0.6 is 11.6 Å². The maximum absolute atomic E-state index is 13.2. The molecular weight excluding hydrogens is 444 g/mol. The Kier molecular flexibility index (Phi) is 7.95. The molecule has 0 radical (unpaired) electrons. The predicted molar refractivity (Wildman–Crippen MR) is 129 cm³/mol. The SMILES string of the molecule is CCOc1cc(NC(=O)c2c(C)nn(-c3ccccc3)c2Cl)c(OCC)cc1NC(=O)CC. The van der Waals surface area contributed by atoms with E-state index in [-0.39, 0.29) is 16.6 Å². The lowest BCUT2D eigenvalue weighted by Crippen LogP contribution is -2.16. The second-order valence-electron chi connectivity index (χ2n) is 7.06. The molecular formula is C24H27ClN4O4. The highest BCUT2D eigenvalue weighted by molar-refractivity contribution is 6.34. The first-order valence-electron chi connectivity index (χ1n) is 10.7. The Balaban J connectivity index is 1.98. The first-order valence-corrected chi connectivity index (χ1v) is 11.1. The van der Waals surface area contributed by atoms with Crippen LogP contribution in [0.5, 0.6) is 11.5 Å². The number of nitrogens with zero attached hydrogens (tertiary/aromatic N) is 2. The van der Waals surface area contributed by atoms with Gasteiger partial charge in [-0.05, 0) is 32.9 Å². The number of aryl methyl sites for hydroxylation is 1. The van der Waals surface area contributed by atoms with Crippen LogP contribution in [0.2, 0.25) is 5.15 Å². The molecule has 3 aromatic rings. The quantitative estimate of drug-likeness (QED) is 0.446. The molecule has 33 heavy (non-hydrogen) atoms. The van der Waals surface area contributed by atoms with Crippen LogP contribution in [0, 0.1) is 6.92 Å². The van der Waals surface area contributed by atoms with Crippen molar-refractivity contribution in [3.63, 3.8) is 0 Å². The number of para-hydroxylation sites is 1. The fourth-order valence-corrected chi connectivity index (χ4v) is 3.58. The summed E-state index contributed by atoms with van der Waals surface area (Å²) in [5.74, 6) is 0.213. The van der Waals surface area contributed by atoms with Gasteiger partial charge in [-0.3, -0.25) is 9.59 Å². The summed E-state index contributed by atoms with van der Waals surface area (Å²) in [6.45, 7) is 7.89. The van der Waals surface area contributed by atoms with Crippen molar-refractivity contribution in [3.05, 3.63) is 58.9 Å². The summed E-state index contributed by atoms with van der Waals surface area (Å²) in [7, 11) is 0. The zero-order valence-corrected chi connectivity index (χ0v) is 19.8. The molecule has 1 aromatic heterocycles. The number of amides is 2. The van der Waals surface area contributed by atoms with E-state index in [1.807, 2.05) is 44.2 Å². The van der Waals surface area contributed by atoms with Crippen LogP contribution in [0.3, 0.4) is 0 Å². The number of halogens is 1. The van der Waals surface area contributed by atoms with E-state index < -0.39 is 5.91 Å². The van der Waals surface area contributed by atoms with Gasteiger partial charge in [-0.1, -0.05) is 36.7 Å². The highest BCUT2D eigenvalue weighted by Gasteiger charge is 2.23. The minimum Gasteiger partial charge on any atom is -0.492 e. The zero-order valence-electron chi connectivity index (χ0n) is 19.1. The average molecular weight is 471 g/mol. The topological polar surface area (TPSA) is 94.5 Å². The van der Waals surface area contributed by atoms with Gasteiger partial charge < -0.3 is 20.1 Å². The number of carbonyl (C=O) groups is 2. The van der Waals surface area contributed by atoms with E-state index in [9.17, 15) is 9.59 Å². The standard InChI is InChI=1S/C24H27ClN4O4/c1-5-21(30)26-17-13-20(33-7-3)18(14-19(17)32-6-2)27-24(31)22-15(4)28-29(23(22)25)16-11-9-8-10-12-16/h8-14H,5-7H2,1-4H3,(H,26,30)(H,27,31). The first kappa shape index (κ1) is 24.1.